The molecule has 0 aliphatic heterocycles. The molecule has 0 amide bonds. The number of rotatable bonds is 3. The molecule has 1 saturated carbocycles. The number of nitrogens with zero attached hydrogens (tertiary/aromatic N) is 1. The van der Waals surface area contributed by atoms with Crippen molar-refractivity contribution in [1.82, 2.24) is 0 Å². The van der Waals surface area contributed by atoms with Crippen molar-refractivity contribution in [3.63, 3.8) is 0 Å². The standard InChI is InChI=1S/C14H20FNO/c1-16(11-6-4-3-5-7-11)12-8-9-14(17-2)13(15)10-12/h8-11H,3-7H2,1-2H3. The van der Waals surface area contributed by atoms with E-state index in [0.29, 0.717) is 11.8 Å². The molecule has 2 rings (SSSR count). The van der Waals surface area contributed by atoms with Crippen LogP contribution in [0.3, 0.4) is 0 Å². The van der Waals surface area contributed by atoms with Gasteiger partial charge in [-0.2, -0.15) is 0 Å². The SMILES string of the molecule is COc1ccc(N(C)C2CCCCC2)cc1F. The number of anilines is 1. The van der Waals surface area contributed by atoms with Crippen molar-refractivity contribution < 1.29 is 9.13 Å². The largest absolute Gasteiger partial charge is 0.494 e. The van der Waals surface area contributed by atoms with E-state index in [1.807, 2.05) is 6.07 Å². The van der Waals surface area contributed by atoms with Crippen LogP contribution < -0.4 is 9.64 Å². The zero-order chi connectivity index (χ0) is 12.3. The Bertz CT molecular complexity index is 374. The van der Waals surface area contributed by atoms with Crippen molar-refractivity contribution in [3.8, 4) is 5.75 Å². The highest BCUT2D eigenvalue weighted by Crippen LogP contribution is 2.28. The van der Waals surface area contributed by atoms with E-state index in [4.69, 9.17) is 4.74 Å². The van der Waals surface area contributed by atoms with Crippen molar-refractivity contribution in [1.29, 1.82) is 0 Å². The Labute approximate surface area is 102 Å². The molecule has 1 aromatic carbocycles. The van der Waals surface area contributed by atoms with Crippen LogP contribution in [0.25, 0.3) is 0 Å². The fraction of sp³-hybridized carbons (Fsp3) is 0.571. The predicted octanol–water partition coefficient (Wildman–Crippen LogP) is 3.60. The number of ether oxygens (including phenoxy) is 1. The van der Waals surface area contributed by atoms with E-state index < -0.39 is 0 Å². The Balaban J connectivity index is 2.12. The molecule has 0 bridgehead atoms. The summed E-state index contributed by atoms with van der Waals surface area (Å²) in [6.07, 6.45) is 6.33. The molecule has 2 nitrogen and oxygen atoms in total. The number of benzene rings is 1. The summed E-state index contributed by atoms with van der Waals surface area (Å²) in [6.45, 7) is 0. The lowest BCUT2D eigenvalue weighted by molar-refractivity contribution is 0.386. The average molecular weight is 237 g/mol. The Morgan fingerprint density at radius 1 is 1.24 bits per heavy atom. The molecule has 0 aromatic heterocycles. The molecule has 1 fully saturated rings. The van der Waals surface area contributed by atoms with E-state index in [0.717, 1.165) is 5.69 Å². The van der Waals surface area contributed by atoms with Crippen LogP contribution in [-0.2, 0) is 0 Å². The fourth-order valence-corrected chi connectivity index (χ4v) is 2.55. The summed E-state index contributed by atoms with van der Waals surface area (Å²) in [6, 6.07) is 5.74. The second kappa shape index (κ2) is 5.39. The maximum Gasteiger partial charge on any atom is 0.167 e. The van der Waals surface area contributed by atoms with E-state index >= 15 is 0 Å². The highest BCUT2D eigenvalue weighted by molar-refractivity contribution is 5.50. The Hall–Kier alpha value is -1.25. The minimum absolute atomic E-state index is 0.285. The summed E-state index contributed by atoms with van der Waals surface area (Å²) >= 11 is 0. The smallest absolute Gasteiger partial charge is 0.167 e. The van der Waals surface area contributed by atoms with Crippen LogP contribution >= 0.6 is 0 Å². The molecule has 0 saturated heterocycles. The van der Waals surface area contributed by atoms with Gasteiger partial charge in [0, 0.05) is 24.8 Å². The highest BCUT2D eigenvalue weighted by atomic mass is 19.1. The highest BCUT2D eigenvalue weighted by Gasteiger charge is 2.19. The van der Waals surface area contributed by atoms with Crippen LogP contribution in [-0.4, -0.2) is 20.2 Å². The first-order valence-electron chi connectivity index (χ1n) is 6.28. The van der Waals surface area contributed by atoms with Gasteiger partial charge in [-0.1, -0.05) is 19.3 Å². The monoisotopic (exact) mass is 237 g/mol. The lowest BCUT2D eigenvalue weighted by Gasteiger charge is -2.33. The molecular formula is C14H20FNO. The summed E-state index contributed by atoms with van der Waals surface area (Å²) in [7, 11) is 3.54. The minimum Gasteiger partial charge on any atom is -0.494 e. The molecule has 17 heavy (non-hydrogen) atoms. The van der Waals surface area contributed by atoms with Crippen LogP contribution in [0, 0.1) is 5.82 Å². The quantitative estimate of drug-likeness (QED) is 0.796. The predicted molar refractivity (Wildman–Crippen MR) is 68.2 cm³/mol. The van der Waals surface area contributed by atoms with Gasteiger partial charge in [-0.15, -0.1) is 0 Å². The van der Waals surface area contributed by atoms with Gasteiger partial charge in [0.2, 0.25) is 0 Å². The van der Waals surface area contributed by atoms with E-state index in [-0.39, 0.29) is 5.82 Å². The van der Waals surface area contributed by atoms with Gasteiger partial charge in [0.25, 0.3) is 0 Å². The molecular weight excluding hydrogens is 217 g/mol. The maximum absolute atomic E-state index is 13.6. The van der Waals surface area contributed by atoms with Crippen molar-refractivity contribution >= 4 is 5.69 Å². The van der Waals surface area contributed by atoms with Gasteiger partial charge in [-0.25, -0.2) is 4.39 Å². The average Bonchev–Trinajstić information content (AvgIpc) is 2.39. The van der Waals surface area contributed by atoms with Crippen molar-refractivity contribution in [3.05, 3.63) is 24.0 Å². The summed E-state index contributed by atoms with van der Waals surface area (Å²) in [5.41, 5.74) is 0.940. The molecule has 1 aromatic rings. The number of hydrogen-bond acceptors (Lipinski definition) is 2. The zero-order valence-electron chi connectivity index (χ0n) is 10.6. The number of hydrogen-bond donors (Lipinski definition) is 0. The molecule has 94 valence electrons. The summed E-state index contributed by atoms with van der Waals surface area (Å²) in [4.78, 5) is 2.20. The summed E-state index contributed by atoms with van der Waals surface area (Å²) in [5, 5.41) is 0. The van der Waals surface area contributed by atoms with E-state index in [1.165, 1.54) is 39.2 Å². The summed E-state index contributed by atoms with van der Waals surface area (Å²) < 4.78 is 18.6. The molecule has 0 unspecified atom stereocenters. The topological polar surface area (TPSA) is 12.5 Å². The number of halogens is 1. The molecule has 0 heterocycles. The first-order chi connectivity index (χ1) is 8.22. The first kappa shape index (κ1) is 12.2. The van der Waals surface area contributed by atoms with Gasteiger partial charge in [-0.05, 0) is 25.0 Å². The molecule has 0 spiro atoms. The third-order valence-corrected chi connectivity index (χ3v) is 3.67. The van der Waals surface area contributed by atoms with Gasteiger partial charge in [-0.3, -0.25) is 0 Å². The van der Waals surface area contributed by atoms with Crippen molar-refractivity contribution in [2.24, 2.45) is 0 Å². The van der Waals surface area contributed by atoms with E-state index in [2.05, 4.69) is 11.9 Å². The molecule has 0 atom stereocenters. The third kappa shape index (κ3) is 2.71. The second-order valence-electron chi connectivity index (χ2n) is 4.72. The van der Waals surface area contributed by atoms with E-state index in [9.17, 15) is 4.39 Å². The van der Waals surface area contributed by atoms with Gasteiger partial charge < -0.3 is 9.64 Å². The third-order valence-electron chi connectivity index (χ3n) is 3.67. The van der Waals surface area contributed by atoms with Gasteiger partial charge in [0.1, 0.15) is 0 Å². The molecule has 1 aliphatic carbocycles. The normalized spacial score (nSPS) is 16.9. The second-order valence-corrected chi connectivity index (χ2v) is 4.72. The van der Waals surface area contributed by atoms with Crippen LogP contribution in [0.1, 0.15) is 32.1 Å². The summed E-state index contributed by atoms with van der Waals surface area (Å²) in [5.74, 6) is 0.0263. The van der Waals surface area contributed by atoms with Gasteiger partial charge in [0.05, 0.1) is 7.11 Å². The van der Waals surface area contributed by atoms with E-state index in [1.54, 1.807) is 12.1 Å². The van der Waals surface area contributed by atoms with Crippen molar-refractivity contribution in [2.45, 2.75) is 38.1 Å². The fourth-order valence-electron chi connectivity index (χ4n) is 2.55. The maximum atomic E-state index is 13.6. The molecule has 1 aliphatic rings. The molecule has 0 N–H and O–H groups in total. The van der Waals surface area contributed by atoms with Crippen molar-refractivity contribution in [2.75, 3.05) is 19.1 Å². The Kier molecular flexibility index (Phi) is 3.87. The van der Waals surface area contributed by atoms with Gasteiger partial charge >= 0.3 is 0 Å². The molecule has 0 radical (unpaired) electrons. The number of methoxy groups -OCH3 is 1. The lowest BCUT2D eigenvalue weighted by atomic mass is 9.94. The van der Waals surface area contributed by atoms with Crippen LogP contribution in [0.15, 0.2) is 18.2 Å². The Morgan fingerprint density at radius 2 is 1.94 bits per heavy atom. The lowest BCUT2D eigenvalue weighted by Crippen LogP contribution is -2.33. The van der Waals surface area contributed by atoms with Crippen LogP contribution in [0.2, 0.25) is 0 Å². The minimum atomic E-state index is -0.285. The van der Waals surface area contributed by atoms with Gasteiger partial charge in [0.15, 0.2) is 11.6 Å². The zero-order valence-corrected chi connectivity index (χ0v) is 10.6. The van der Waals surface area contributed by atoms with Crippen LogP contribution in [0.5, 0.6) is 5.75 Å². The molecule has 3 heteroatoms. The first-order valence-corrected chi connectivity index (χ1v) is 6.28. The van der Waals surface area contributed by atoms with Crippen LogP contribution in [0.4, 0.5) is 10.1 Å². The Morgan fingerprint density at radius 3 is 2.53 bits per heavy atom.